The van der Waals surface area contributed by atoms with Gasteiger partial charge in [0.05, 0.1) is 13.2 Å². The molecule has 0 radical (unpaired) electrons. The van der Waals surface area contributed by atoms with Crippen molar-refractivity contribution < 1.29 is 19.4 Å². The van der Waals surface area contributed by atoms with Crippen molar-refractivity contribution in [2.45, 2.75) is 18.6 Å². The van der Waals surface area contributed by atoms with E-state index >= 15 is 0 Å². The first kappa shape index (κ1) is 12.6. The number of esters is 1. The van der Waals surface area contributed by atoms with Crippen LogP contribution in [0.3, 0.4) is 0 Å². The summed E-state index contributed by atoms with van der Waals surface area (Å²) in [6, 6.07) is 2.74. The Morgan fingerprint density at radius 1 is 1.50 bits per heavy atom. The van der Waals surface area contributed by atoms with Crippen LogP contribution in [0, 0.1) is 0 Å². The van der Waals surface area contributed by atoms with Crippen LogP contribution < -0.4 is 0 Å². The van der Waals surface area contributed by atoms with Crippen molar-refractivity contribution in [1.29, 1.82) is 0 Å². The number of likely N-dealkylation sites (tertiary alicyclic amines) is 1. The van der Waals surface area contributed by atoms with Crippen LogP contribution in [-0.2, 0) is 16.6 Å². The van der Waals surface area contributed by atoms with Crippen LogP contribution in [-0.4, -0.2) is 52.3 Å². The first-order valence-electron chi connectivity index (χ1n) is 5.72. The van der Waals surface area contributed by atoms with Crippen LogP contribution in [0.25, 0.3) is 0 Å². The molecule has 1 fully saturated rings. The Labute approximate surface area is 105 Å². The topological polar surface area (TPSA) is 71.8 Å². The number of carbonyl (C=O) groups excluding carboxylic acids is 2. The smallest absolute Gasteiger partial charge is 0.328 e. The van der Waals surface area contributed by atoms with E-state index in [9.17, 15) is 14.7 Å². The molecule has 6 heteroatoms. The van der Waals surface area contributed by atoms with Gasteiger partial charge in [-0.1, -0.05) is 0 Å². The molecule has 2 atom stereocenters. The second kappa shape index (κ2) is 4.81. The Morgan fingerprint density at radius 3 is 2.78 bits per heavy atom. The van der Waals surface area contributed by atoms with Gasteiger partial charge in [0.15, 0.2) is 0 Å². The fourth-order valence-corrected chi connectivity index (χ4v) is 2.23. The zero-order chi connectivity index (χ0) is 13.3. The number of amides is 1. The van der Waals surface area contributed by atoms with Crippen LogP contribution >= 0.6 is 0 Å². The Hall–Kier alpha value is -1.82. The molecular formula is C12H16N2O4. The van der Waals surface area contributed by atoms with Crippen molar-refractivity contribution >= 4 is 11.9 Å². The molecule has 1 amide bonds. The third-order valence-corrected chi connectivity index (χ3v) is 3.18. The van der Waals surface area contributed by atoms with Gasteiger partial charge in [0, 0.05) is 26.2 Å². The fourth-order valence-electron chi connectivity index (χ4n) is 2.23. The predicted molar refractivity (Wildman–Crippen MR) is 62.9 cm³/mol. The van der Waals surface area contributed by atoms with Gasteiger partial charge in [-0.15, -0.1) is 0 Å². The maximum Gasteiger partial charge on any atom is 0.328 e. The van der Waals surface area contributed by atoms with E-state index in [2.05, 4.69) is 4.74 Å². The number of hydrogen-bond acceptors (Lipinski definition) is 4. The maximum atomic E-state index is 12.3. The minimum absolute atomic E-state index is 0.157. The first-order chi connectivity index (χ1) is 8.54. The largest absolute Gasteiger partial charge is 0.467 e. The highest BCUT2D eigenvalue weighted by Crippen LogP contribution is 2.21. The average Bonchev–Trinajstić information content (AvgIpc) is 2.93. The Balaban J connectivity index is 2.23. The van der Waals surface area contributed by atoms with Crippen molar-refractivity contribution in [3.05, 3.63) is 24.0 Å². The van der Waals surface area contributed by atoms with Crippen molar-refractivity contribution in [2.24, 2.45) is 7.05 Å². The number of aliphatic hydroxyl groups excluding tert-OH is 1. The van der Waals surface area contributed by atoms with Gasteiger partial charge in [0.25, 0.3) is 5.91 Å². The lowest BCUT2D eigenvalue weighted by atomic mass is 10.2. The van der Waals surface area contributed by atoms with E-state index in [0.29, 0.717) is 5.69 Å². The van der Waals surface area contributed by atoms with Gasteiger partial charge in [-0.05, 0) is 12.1 Å². The van der Waals surface area contributed by atoms with Gasteiger partial charge in [-0.25, -0.2) is 4.79 Å². The highest BCUT2D eigenvalue weighted by atomic mass is 16.5. The molecule has 1 aliphatic rings. The highest BCUT2D eigenvalue weighted by molar-refractivity contribution is 5.96. The number of aromatic nitrogens is 1. The second-order valence-corrected chi connectivity index (χ2v) is 4.39. The van der Waals surface area contributed by atoms with E-state index in [1.807, 2.05) is 0 Å². The number of nitrogens with zero attached hydrogens (tertiary/aromatic N) is 2. The quantitative estimate of drug-likeness (QED) is 0.738. The van der Waals surface area contributed by atoms with Crippen LogP contribution in [0.5, 0.6) is 0 Å². The molecular weight excluding hydrogens is 236 g/mol. The molecule has 1 aliphatic heterocycles. The first-order valence-corrected chi connectivity index (χ1v) is 5.72. The van der Waals surface area contributed by atoms with E-state index in [-0.39, 0.29) is 18.9 Å². The van der Waals surface area contributed by atoms with E-state index in [0.717, 1.165) is 0 Å². The molecule has 1 aromatic heterocycles. The van der Waals surface area contributed by atoms with Gasteiger partial charge >= 0.3 is 5.97 Å². The summed E-state index contributed by atoms with van der Waals surface area (Å²) in [6.07, 6.45) is 1.30. The van der Waals surface area contributed by atoms with E-state index in [4.69, 9.17) is 0 Å². The molecule has 0 aliphatic carbocycles. The third-order valence-electron chi connectivity index (χ3n) is 3.18. The van der Waals surface area contributed by atoms with Crippen molar-refractivity contribution in [3.63, 3.8) is 0 Å². The number of rotatable bonds is 2. The summed E-state index contributed by atoms with van der Waals surface area (Å²) in [5.41, 5.74) is 0.484. The third kappa shape index (κ3) is 2.11. The molecule has 1 saturated heterocycles. The lowest BCUT2D eigenvalue weighted by Crippen LogP contribution is -2.41. The zero-order valence-electron chi connectivity index (χ0n) is 10.4. The minimum Gasteiger partial charge on any atom is -0.467 e. The summed E-state index contributed by atoms with van der Waals surface area (Å²) in [7, 11) is 3.03. The lowest BCUT2D eigenvalue weighted by molar-refractivity contribution is -0.145. The van der Waals surface area contributed by atoms with Gasteiger partial charge in [-0.2, -0.15) is 0 Å². The van der Waals surface area contributed by atoms with Crippen LogP contribution in [0.15, 0.2) is 18.3 Å². The van der Waals surface area contributed by atoms with E-state index in [1.54, 1.807) is 29.9 Å². The number of carbonyl (C=O) groups is 2. The molecule has 2 rings (SSSR count). The number of hydrogen-bond donors (Lipinski definition) is 1. The zero-order valence-corrected chi connectivity index (χ0v) is 10.4. The fraction of sp³-hybridized carbons (Fsp3) is 0.500. The monoisotopic (exact) mass is 252 g/mol. The Bertz CT molecular complexity index is 468. The van der Waals surface area contributed by atoms with Crippen LogP contribution in [0.4, 0.5) is 0 Å². The van der Waals surface area contributed by atoms with Crippen molar-refractivity contribution in [2.75, 3.05) is 13.7 Å². The summed E-state index contributed by atoms with van der Waals surface area (Å²) in [4.78, 5) is 25.3. The molecule has 1 N–H and O–H groups in total. The number of aliphatic hydroxyl groups is 1. The number of methoxy groups -OCH3 is 1. The summed E-state index contributed by atoms with van der Waals surface area (Å²) < 4.78 is 6.34. The molecule has 18 heavy (non-hydrogen) atoms. The summed E-state index contributed by atoms with van der Waals surface area (Å²) in [6.45, 7) is 0.157. The summed E-state index contributed by atoms with van der Waals surface area (Å²) in [5.74, 6) is -0.761. The van der Waals surface area contributed by atoms with Gasteiger partial charge in [0.1, 0.15) is 11.7 Å². The second-order valence-electron chi connectivity index (χ2n) is 4.39. The van der Waals surface area contributed by atoms with Crippen molar-refractivity contribution in [1.82, 2.24) is 9.47 Å². The van der Waals surface area contributed by atoms with Gasteiger partial charge < -0.3 is 19.3 Å². The van der Waals surface area contributed by atoms with E-state index < -0.39 is 18.1 Å². The normalized spacial score (nSPS) is 23.2. The van der Waals surface area contributed by atoms with Crippen molar-refractivity contribution in [3.8, 4) is 0 Å². The van der Waals surface area contributed by atoms with Gasteiger partial charge in [0.2, 0.25) is 0 Å². The van der Waals surface area contributed by atoms with Crippen LogP contribution in [0.1, 0.15) is 16.9 Å². The SMILES string of the molecule is COC(=O)C1CC(O)CN1C(=O)c1cccn1C. The maximum absolute atomic E-state index is 12.3. The highest BCUT2D eigenvalue weighted by Gasteiger charge is 2.40. The number of β-amino-alcohol motifs (C(OH)–C–C–N with tert-alkyl or cyclic N) is 1. The van der Waals surface area contributed by atoms with Gasteiger partial charge in [-0.3, -0.25) is 4.79 Å². The predicted octanol–water partition coefficient (Wildman–Crippen LogP) is -0.227. The molecule has 6 nitrogen and oxygen atoms in total. The summed E-state index contributed by atoms with van der Waals surface area (Å²) >= 11 is 0. The number of ether oxygens (including phenoxy) is 1. The molecule has 2 unspecified atom stereocenters. The number of aryl methyl sites for hydroxylation is 1. The summed E-state index contributed by atoms with van der Waals surface area (Å²) in [5, 5.41) is 9.62. The standard InChI is InChI=1S/C12H16N2O4/c1-13-5-3-4-9(13)11(16)14-7-8(15)6-10(14)12(17)18-2/h3-5,8,10,15H,6-7H2,1-2H3. The molecule has 0 bridgehead atoms. The molecule has 1 aromatic rings. The lowest BCUT2D eigenvalue weighted by Gasteiger charge is -2.22. The minimum atomic E-state index is -0.701. The van der Waals surface area contributed by atoms with Crippen LogP contribution in [0.2, 0.25) is 0 Å². The molecule has 0 spiro atoms. The molecule has 2 heterocycles. The Kier molecular flexibility index (Phi) is 3.38. The molecule has 0 aromatic carbocycles. The Morgan fingerprint density at radius 2 is 2.22 bits per heavy atom. The van der Waals surface area contributed by atoms with E-state index in [1.165, 1.54) is 12.0 Å². The molecule has 98 valence electrons. The molecule has 0 saturated carbocycles. The average molecular weight is 252 g/mol.